The minimum absolute atomic E-state index is 0.190. The molecule has 1 aromatic rings. The highest BCUT2D eigenvalue weighted by molar-refractivity contribution is 5.19. The minimum Gasteiger partial charge on any atom is -0.309 e. The van der Waals surface area contributed by atoms with Crippen molar-refractivity contribution in [3.63, 3.8) is 0 Å². The second-order valence-electron chi connectivity index (χ2n) is 5.57. The van der Waals surface area contributed by atoms with E-state index < -0.39 is 0 Å². The average Bonchev–Trinajstić information content (AvgIpc) is 2.48. The standard InChI is InChI=1S/C17H24N2/c18-13-11-17(16-9-5-2-6-10-16)19-14-12-15-7-3-1-4-8-15/h2,5-6,9-10,15,17,19H,1,3-4,7-8,11-12,14H2. The Bertz CT molecular complexity index is 387. The summed E-state index contributed by atoms with van der Waals surface area (Å²) in [6.07, 6.45) is 8.84. The molecule has 0 bridgehead atoms. The summed E-state index contributed by atoms with van der Waals surface area (Å²) in [6, 6.07) is 12.8. The number of hydrogen-bond acceptors (Lipinski definition) is 2. The maximum Gasteiger partial charge on any atom is 0.0641 e. The third-order valence-electron chi connectivity index (χ3n) is 4.17. The lowest BCUT2D eigenvalue weighted by Crippen LogP contribution is -2.24. The molecule has 1 atom stereocenters. The highest BCUT2D eigenvalue weighted by Crippen LogP contribution is 2.26. The summed E-state index contributed by atoms with van der Waals surface area (Å²) in [5.74, 6) is 0.903. The molecule has 0 aliphatic heterocycles. The Morgan fingerprint density at radius 1 is 1.16 bits per heavy atom. The van der Waals surface area contributed by atoms with Gasteiger partial charge in [0.25, 0.3) is 0 Å². The first kappa shape index (κ1) is 14.1. The molecule has 0 amide bonds. The van der Waals surface area contributed by atoms with Crippen molar-refractivity contribution >= 4 is 0 Å². The van der Waals surface area contributed by atoms with Crippen molar-refractivity contribution < 1.29 is 0 Å². The van der Waals surface area contributed by atoms with Crippen LogP contribution in [0.25, 0.3) is 0 Å². The van der Waals surface area contributed by atoms with Gasteiger partial charge in [-0.3, -0.25) is 0 Å². The van der Waals surface area contributed by atoms with Crippen LogP contribution >= 0.6 is 0 Å². The maximum atomic E-state index is 8.96. The molecule has 19 heavy (non-hydrogen) atoms. The van der Waals surface area contributed by atoms with Gasteiger partial charge in [0.1, 0.15) is 0 Å². The fraction of sp³-hybridized carbons (Fsp3) is 0.588. The number of nitrogens with zero attached hydrogens (tertiary/aromatic N) is 1. The zero-order chi connectivity index (χ0) is 13.3. The molecule has 0 aromatic heterocycles. The molecule has 1 N–H and O–H groups in total. The molecule has 0 spiro atoms. The third-order valence-corrected chi connectivity index (χ3v) is 4.17. The lowest BCUT2D eigenvalue weighted by Gasteiger charge is -2.23. The normalized spacial score (nSPS) is 17.8. The fourth-order valence-corrected chi connectivity index (χ4v) is 3.02. The third kappa shape index (κ3) is 4.69. The summed E-state index contributed by atoms with van der Waals surface area (Å²) in [5.41, 5.74) is 1.23. The van der Waals surface area contributed by atoms with Gasteiger partial charge in [-0.15, -0.1) is 0 Å². The van der Waals surface area contributed by atoms with E-state index in [2.05, 4.69) is 23.5 Å². The van der Waals surface area contributed by atoms with E-state index in [1.807, 2.05) is 18.2 Å². The zero-order valence-electron chi connectivity index (χ0n) is 11.6. The molecule has 102 valence electrons. The van der Waals surface area contributed by atoms with Crippen LogP contribution in [0.15, 0.2) is 30.3 Å². The van der Waals surface area contributed by atoms with Gasteiger partial charge in [0.2, 0.25) is 0 Å². The average molecular weight is 256 g/mol. The first-order chi connectivity index (χ1) is 9.40. The smallest absolute Gasteiger partial charge is 0.0641 e. The fourth-order valence-electron chi connectivity index (χ4n) is 3.02. The van der Waals surface area contributed by atoms with Crippen LogP contribution in [0.3, 0.4) is 0 Å². The molecule has 2 nitrogen and oxygen atoms in total. The number of nitrogens with one attached hydrogen (secondary N) is 1. The molecule has 0 saturated heterocycles. The van der Waals surface area contributed by atoms with Crippen molar-refractivity contribution in [3.05, 3.63) is 35.9 Å². The van der Waals surface area contributed by atoms with Crippen LogP contribution in [0.2, 0.25) is 0 Å². The van der Waals surface area contributed by atoms with Crippen LogP contribution in [-0.2, 0) is 0 Å². The quantitative estimate of drug-likeness (QED) is 0.828. The van der Waals surface area contributed by atoms with Gasteiger partial charge in [-0.05, 0) is 24.4 Å². The number of benzene rings is 1. The van der Waals surface area contributed by atoms with Crippen molar-refractivity contribution in [2.24, 2.45) is 5.92 Å². The van der Waals surface area contributed by atoms with Crippen molar-refractivity contribution in [1.82, 2.24) is 5.32 Å². The van der Waals surface area contributed by atoms with Crippen LogP contribution in [0.4, 0.5) is 0 Å². The van der Waals surface area contributed by atoms with Gasteiger partial charge in [-0.25, -0.2) is 0 Å². The van der Waals surface area contributed by atoms with Crippen molar-refractivity contribution in [1.29, 1.82) is 5.26 Å². The largest absolute Gasteiger partial charge is 0.309 e. The molecule has 2 rings (SSSR count). The van der Waals surface area contributed by atoms with E-state index in [9.17, 15) is 0 Å². The van der Waals surface area contributed by atoms with Crippen LogP contribution in [0, 0.1) is 17.2 Å². The molecule has 2 heteroatoms. The molecular weight excluding hydrogens is 232 g/mol. The predicted octanol–water partition coefficient (Wildman–Crippen LogP) is 4.20. The Morgan fingerprint density at radius 2 is 1.89 bits per heavy atom. The van der Waals surface area contributed by atoms with Crippen molar-refractivity contribution in [2.45, 2.75) is 51.0 Å². The van der Waals surface area contributed by atoms with Gasteiger partial charge in [0.05, 0.1) is 12.5 Å². The summed E-state index contributed by atoms with van der Waals surface area (Å²) in [6.45, 7) is 1.03. The van der Waals surface area contributed by atoms with Gasteiger partial charge < -0.3 is 5.32 Å². The van der Waals surface area contributed by atoms with Gasteiger partial charge in [0.15, 0.2) is 0 Å². The van der Waals surface area contributed by atoms with E-state index in [-0.39, 0.29) is 6.04 Å². The Balaban J connectivity index is 1.79. The number of rotatable bonds is 6. The van der Waals surface area contributed by atoms with E-state index in [1.165, 1.54) is 44.1 Å². The van der Waals surface area contributed by atoms with E-state index >= 15 is 0 Å². The molecule has 1 unspecified atom stereocenters. The molecular formula is C17H24N2. The van der Waals surface area contributed by atoms with Gasteiger partial charge in [0, 0.05) is 6.04 Å². The Hall–Kier alpha value is -1.33. The summed E-state index contributed by atoms with van der Waals surface area (Å²) in [4.78, 5) is 0. The van der Waals surface area contributed by atoms with Crippen molar-refractivity contribution in [2.75, 3.05) is 6.54 Å². The van der Waals surface area contributed by atoms with Crippen LogP contribution < -0.4 is 5.32 Å². The number of nitriles is 1. The molecule has 1 fully saturated rings. The topological polar surface area (TPSA) is 35.8 Å². The Morgan fingerprint density at radius 3 is 2.58 bits per heavy atom. The molecule has 0 radical (unpaired) electrons. The zero-order valence-corrected chi connectivity index (χ0v) is 11.6. The van der Waals surface area contributed by atoms with Gasteiger partial charge in [-0.2, -0.15) is 5.26 Å². The summed E-state index contributed by atoms with van der Waals surface area (Å²) < 4.78 is 0. The molecule has 1 aromatic carbocycles. The first-order valence-electron chi connectivity index (χ1n) is 7.55. The van der Waals surface area contributed by atoms with Crippen molar-refractivity contribution in [3.8, 4) is 6.07 Å². The van der Waals surface area contributed by atoms with Crippen LogP contribution in [0.1, 0.15) is 56.6 Å². The van der Waals surface area contributed by atoms with Crippen LogP contribution in [-0.4, -0.2) is 6.54 Å². The van der Waals surface area contributed by atoms with E-state index in [0.29, 0.717) is 6.42 Å². The summed E-state index contributed by atoms with van der Waals surface area (Å²) in [7, 11) is 0. The lowest BCUT2D eigenvalue weighted by molar-refractivity contribution is 0.328. The number of hydrogen-bond donors (Lipinski definition) is 1. The second-order valence-corrected chi connectivity index (χ2v) is 5.57. The molecule has 1 aliphatic carbocycles. The summed E-state index contributed by atoms with van der Waals surface area (Å²) in [5, 5.41) is 12.5. The SMILES string of the molecule is N#CCC(NCCC1CCCCC1)c1ccccc1. The molecule has 1 saturated carbocycles. The first-order valence-corrected chi connectivity index (χ1v) is 7.55. The second kappa shape index (κ2) is 7.96. The predicted molar refractivity (Wildman–Crippen MR) is 78.6 cm³/mol. The van der Waals surface area contributed by atoms with Crippen LogP contribution in [0.5, 0.6) is 0 Å². The summed E-state index contributed by atoms with van der Waals surface area (Å²) >= 11 is 0. The monoisotopic (exact) mass is 256 g/mol. The Kier molecular flexibility index (Phi) is 5.91. The maximum absolute atomic E-state index is 8.96. The Labute approximate surface area is 116 Å². The molecule has 0 heterocycles. The lowest BCUT2D eigenvalue weighted by atomic mass is 9.87. The van der Waals surface area contributed by atoms with E-state index in [4.69, 9.17) is 5.26 Å². The molecule has 1 aliphatic rings. The highest BCUT2D eigenvalue weighted by atomic mass is 14.9. The van der Waals surface area contributed by atoms with E-state index in [1.54, 1.807) is 0 Å². The van der Waals surface area contributed by atoms with Gasteiger partial charge in [-0.1, -0.05) is 62.4 Å². The highest BCUT2D eigenvalue weighted by Gasteiger charge is 2.14. The van der Waals surface area contributed by atoms with E-state index in [0.717, 1.165) is 12.5 Å². The van der Waals surface area contributed by atoms with Gasteiger partial charge >= 0.3 is 0 Å². The minimum atomic E-state index is 0.190.